The van der Waals surface area contributed by atoms with Crippen LogP contribution < -0.4 is 4.74 Å². The molecule has 0 unspecified atom stereocenters. The average molecular weight is 202 g/mol. The van der Waals surface area contributed by atoms with Gasteiger partial charge in [-0.25, -0.2) is 0 Å². The third kappa shape index (κ3) is 2.50. The Kier molecular flexibility index (Phi) is 3.73. The van der Waals surface area contributed by atoms with Crippen molar-refractivity contribution in [3.8, 4) is 5.75 Å². The van der Waals surface area contributed by atoms with Gasteiger partial charge in [0.25, 0.3) is 0 Å². The fraction of sp³-hybridized carbons (Fsp3) is 0.286. The van der Waals surface area contributed by atoms with E-state index in [0.29, 0.717) is 0 Å². The molecule has 1 aromatic rings. The maximum Gasteiger partial charge on any atom is 0.118 e. The van der Waals surface area contributed by atoms with Crippen LogP contribution in [0.2, 0.25) is 0 Å². The van der Waals surface area contributed by atoms with Crippen LogP contribution in [-0.4, -0.2) is 7.11 Å². The third-order valence-electron chi connectivity index (χ3n) is 2.77. The molecule has 0 aliphatic rings. The van der Waals surface area contributed by atoms with Crippen LogP contribution in [-0.2, 0) is 5.41 Å². The van der Waals surface area contributed by atoms with E-state index in [1.807, 2.05) is 24.3 Å². The van der Waals surface area contributed by atoms with E-state index in [4.69, 9.17) is 4.74 Å². The summed E-state index contributed by atoms with van der Waals surface area (Å²) in [7, 11) is 1.67. The summed E-state index contributed by atoms with van der Waals surface area (Å²) < 4.78 is 5.13. The summed E-state index contributed by atoms with van der Waals surface area (Å²) in [5, 5.41) is 0. The zero-order chi connectivity index (χ0) is 11.3. The minimum absolute atomic E-state index is 0.0337. The molecule has 1 aromatic carbocycles. The van der Waals surface area contributed by atoms with Gasteiger partial charge in [-0.3, -0.25) is 0 Å². The van der Waals surface area contributed by atoms with Crippen LogP contribution in [0.15, 0.2) is 49.6 Å². The van der Waals surface area contributed by atoms with E-state index in [0.717, 1.165) is 12.2 Å². The van der Waals surface area contributed by atoms with Gasteiger partial charge in [-0.2, -0.15) is 0 Å². The zero-order valence-corrected chi connectivity index (χ0v) is 9.49. The van der Waals surface area contributed by atoms with Crippen LogP contribution in [0.5, 0.6) is 5.75 Å². The molecule has 1 atom stereocenters. The topological polar surface area (TPSA) is 9.23 Å². The minimum atomic E-state index is -0.0337. The minimum Gasteiger partial charge on any atom is -0.497 e. The Balaban J connectivity index is 3.01. The van der Waals surface area contributed by atoms with Crippen molar-refractivity contribution in [3.63, 3.8) is 0 Å². The Hall–Kier alpha value is -1.50. The Morgan fingerprint density at radius 1 is 1.27 bits per heavy atom. The van der Waals surface area contributed by atoms with Gasteiger partial charge in [0.2, 0.25) is 0 Å². The lowest BCUT2D eigenvalue weighted by molar-refractivity contribution is 0.414. The van der Waals surface area contributed by atoms with Gasteiger partial charge in [-0.05, 0) is 24.1 Å². The number of allylic oxidation sites excluding steroid dienone is 2. The molecule has 0 spiro atoms. The Bertz CT molecular complexity index is 337. The van der Waals surface area contributed by atoms with E-state index < -0.39 is 0 Å². The first-order valence-corrected chi connectivity index (χ1v) is 5.05. The first-order chi connectivity index (χ1) is 7.16. The van der Waals surface area contributed by atoms with Crippen LogP contribution in [0.25, 0.3) is 0 Å². The van der Waals surface area contributed by atoms with E-state index >= 15 is 0 Å². The van der Waals surface area contributed by atoms with Crippen molar-refractivity contribution in [2.75, 3.05) is 7.11 Å². The van der Waals surface area contributed by atoms with Crippen molar-refractivity contribution in [2.45, 2.75) is 18.8 Å². The summed E-state index contributed by atoms with van der Waals surface area (Å²) in [6.45, 7) is 9.83. The van der Waals surface area contributed by atoms with Gasteiger partial charge in [-0.1, -0.05) is 31.2 Å². The van der Waals surface area contributed by atoms with E-state index in [1.54, 1.807) is 7.11 Å². The van der Waals surface area contributed by atoms with Crippen molar-refractivity contribution in [1.29, 1.82) is 0 Å². The molecule has 0 fully saturated rings. The summed E-state index contributed by atoms with van der Waals surface area (Å²) in [5.74, 6) is 0.878. The molecule has 0 N–H and O–H groups in total. The predicted octanol–water partition coefficient (Wildman–Crippen LogP) is 3.72. The Morgan fingerprint density at radius 2 is 1.87 bits per heavy atom. The number of methoxy groups -OCH3 is 1. The fourth-order valence-corrected chi connectivity index (χ4v) is 1.59. The van der Waals surface area contributed by atoms with Crippen molar-refractivity contribution in [2.24, 2.45) is 0 Å². The lowest BCUT2D eigenvalue weighted by Gasteiger charge is -2.24. The molecule has 0 heterocycles. The van der Waals surface area contributed by atoms with Gasteiger partial charge in [0, 0.05) is 5.41 Å². The fourth-order valence-electron chi connectivity index (χ4n) is 1.59. The van der Waals surface area contributed by atoms with Crippen LogP contribution >= 0.6 is 0 Å². The molecule has 0 bridgehead atoms. The standard InChI is InChI=1S/C14H18O/c1-5-11-14(3,6-2)12-7-9-13(15-4)10-8-12/h5-10H,1-2,11H2,3-4H3/t14-/m1/s1. The smallest absolute Gasteiger partial charge is 0.118 e. The second kappa shape index (κ2) is 4.83. The number of hydrogen-bond donors (Lipinski definition) is 0. The molecular formula is C14H18O. The van der Waals surface area contributed by atoms with Crippen LogP contribution in [0, 0.1) is 0 Å². The van der Waals surface area contributed by atoms with Gasteiger partial charge < -0.3 is 4.74 Å². The lowest BCUT2D eigenvalue weighted by atomic mass is 9.80. The summed E-state index contributed by atoms with van der Waals surface area (Å²) in [5.41, 5.74) is 1.20. The second-order valence-corrected chi connectivity index (χ2v) is 3.84. The molecule has 0 aromatic heterocycles. The number of ether oxygens (including phenoxy) is 1. The van der Waals surface area contributed by atoms with Gasteiger partial charge in [0.1, 0.15) is 5.75 Å². The van der Waals surface area contributed by atoms with Gasteiger partial charge in [0.05, 0.1) is 7.11 Å². The highest BCUT2D eigenvalue weighted by atomic mass is 16.5. The molecule has 0 aliphatic heterocycles. The molecule has 15 heavy (non-hydrogen) atoms. The van der Waals surface area contributed by atoms with E-state index in [-0.39, 0.29) is 5.41 Å². The SMILES string of the molecule is C=CC[C@@](C)(C=C)c1ccc(OC)cc1. The molecule has 0 radical (unpaired) electrons. The monoisotopic (exact) mass is 202 g/mol. The highest BCUT2D eigenvalue weighted by Crippen LogP contribution is 2.30. The van der Waals surface area contributed by atoms with E-state index in [1.165, 1.54) is 5.56 Å². The highest BCUT2D eigenvalue weighted by molar-refractivity contribution is 5.35. The predicted molar refractivity (Wildman–Crippen MR) is 65.4 cm³/mol. The maximum absolute atomic E-state index is 5.13. The highest BCUT2D eigenvalue weighted by Gasteiger charge is 2.20. The number of hydrogen-bond acceptors (Lipinski definition) is 1. The third-order valence-corrected chi connectivity index (χ3v) is 2.77. The largest absolute Gasteiger partial charge is 0.497 e. The van der Waals surface area contributed by atoms with Crippen LogP contribution in [0.4, 0.5) is 0 Å². The quantitative estimate of drug-likeness (QED) is 0.661. The Labute approximate surface area is 92.1 Å². The second-order valence-electron chi connectivity index (χ2n) is 3.84. The summed E-state index contributed by atoms with van der Waals surface area (Å²) >= 11 is 0. The first kappa shape index (κ1) is 11.6. The van der Waals surface area contributed by atoms with Crippen molar-refractivity contribution < 1.29 is 4.74 Å². The Morgan fingerprint density at radius 3 is 2.27 bits per heavy atom. The van der Waals surface area contributed by atoms with E-state index in [2.05, 4.69) is 32.2 Å². The molecule has 0 saturated heterocycles. The summed E-state index contributed by atoms with van der Waals surface area (Å²) in [6, 6.07) is 8.09. The van der Waals surface area contributed by atoms with Crippen molar-refractivity contribution >= 4 is 0 Å². The number of rotatable bonds is 5. The average Bonchev–Trinajstić information content (AvgIpc) is 2.29. The molecule has 1 rings (SSSR count). The first-order valence-electron chi connectivity index (χ1n) is 5.05. The van der Waals surface area contributed by atoms with Crippen LogP contribution in [0.1, 0.15) is 18.9 Å². The molecule has 1 nitrogen and oxygen atoms in total. The lowest BCUT2D eigenvalue weighted by Crippen LogP contribution is -2.17. The van der Waals surface area contributed by atoms with Gasteiger partial charge in [-0.15, -0.1) is 13.2 Å². The molecule has 1 heteroatoms. The van der Waals surface area contributed by atoms with E-state index in [9.17, 15) is 0 Å². The van der Waals surface area contributed by atoms with Gasteiger partial charge >= 0.3 is 0 Å². The molecular weight excluding hydrogens is 184 g/mol. The summed E-state index contributed by atoms with van der Waals surface area (Å²) in [4.78, 5) is 0. The van der Waals surface area contributed by atoms with Gasteiger partial charge in [0.15, 0.2) is 0 Å². The molecule has 0 amide bonds. The molecule has 80 valence electrons. The zero-order valence-electron chi connectivity index (χ0n) is 9.49. The summed E-state index contributed by atoms with van der Waals surface area (Å²) in [6.07, 6.45) is 4.78. The molecule has 0 aliphatic carbocycles. The maximum atomic E-state index is 5.13. The molecule has 0 saturated carbocycles. The van der Waals surface area contributed by atoms with Crippen molar-refractivity contribution in [3.05, 3.63) is 55.1 Å². The van der Waals surface area contributed by atoms with Crippen molar-refractivity contribution in [1.82, 2.24) is 0 Å². The number of benzene rings is 1. The normalized spacial score (nSPS) is 14.0. The van der Waals surface area contributed by atoms with Crippen LogP contribution in [0.3, 0.4) is 0 Å².